The van der Waals surface area contributed by atoms with Gasteiger partial charge in [-0.25, -0.2) is 4.98 Å². The molecular weight excluding hydrogens is 214 g/mol. The van der Waals surface area contributed by atoms with Gasteiger partial charge in [-0.05, 0) is 31.9 Å². The summed E-state index contributed by atoms with van der Waals surface area (Å²) >= 11 is 0. The molecule has 0 unspecified atom stereocenters. The van der Waals surface area contributed by atoms with E-state index in [2.05, 4.69) is 29.8 Å². The molecule has 0 aromatic carbocycles. The van der Waals surface area contributed by atoms with Crippen LogP contribution in [0.3, 0.4) is 0 Å². The van der Waals surface area contributed by atoms with E-state index < -0.39 is 0 Å². The van der Waals surface area contributed by atoms with Crippen molar-refractivity contribution in [1.82, 2.24) is 4.98 Å². The van der Waals surface area contributed by atoms with Crippen LogP contribution in [0.15, 0.2) is 6.07 Å². The largest absolute Gasteiger partial charge is 0.395 e. The summed E-state index contributed by atoms with van der Waals surface area (Å²) in [6, 6.07) is 2.05. The second-order valence-electron chi connectivity index (χ2n) is 4.30. The molecule has 0 aliphatic heterocycles. The maximum atomic E-state index is 9.13. The van der Waals surface area contributed by atoms with E-state index in [-0.39, 0.29) is 6.61 Å². The number of anilines is 1. The van der Waals surface area contributed by atoms with Crippen LogP contribution in [-0.4, -0.2) is 29.8 Å². The number of nitrogens with zero attached hydrogens (tertiary/aromatic N) is 2. The molecule has 1 aromatic heterocycles. The third kappa shape index (κ3) is 3.41. The molecule has 0 aliphatic carbocycles. The van der Waals surface area contributed by atoms with E-state index in [0.29, 0.717) is 13.1 Å². The van der Waals surface area contributed by atoms with Gasteiger partial charge < -0.3 is 15.7 Å². The summed E-state index contributed by atoms with van der Waals surface area (Å²) in [5, 5.41) is 9.13. The lowest BCUT2D eigenvalue weighted by molar-refractivity contribution is 0.301. The summed E-state index contributed by atoms with van der Waals surface area (Å²) in [5.41, 5.74) is 9.05. The first kappa shape index (κ1) is 13.9. The number of hydrogen-bond donors (Lipinski definition) is 2. The van der Waals surface area contributed by atoms with Crippen molar-refractivity contribution in [3.63, 3.8) is 0 Å². The first-order valence-corrected chi connectivity index (χ1v) is 6.17. The number of aromatic nitrogens is 1. The number of hydrogen-bond acceptors (Lipinski definition) is 4. The zero-order chi connectivity index (χ0) is 12.8. The number of pyridine rings is 1. The van der Waals surface area contributed by atoms with Crippen molar-refractivity contribution in [2.75, 3.05) is 24.6 Å². The highest BCUT2D eigenvalue weighted by Crippen LogP contribution is 2.22. The number of aliphatic hydroxyl groups excluding tert-OH is 1. The van der Waals surface area contributed by atoms with Crippen LogP contribution in [0.5, 0.6) is 0 Å². The number of nitrogens with two attached hydrogens (primary N) is 1. The third-order valence-electron chi connectivity index (χ3n) is 2.82. The quantitative estimate of drug-likeness (QED) is 0.784. The van der Waals surface area contributed by atoms with Crippen LogP contribution in [-0.2, 0) is 6.54 Å². The fourth-order valence-electron chi connectivity index (χ4n) is 2.07. The van der Waals surface area contributed by atoms with E-state index in [1.54, 1.807) is 0 Å². The number of aliphatic hydroxyl groups is 1. The monoisotopic (exact) mass is 237 g/mol. The van der Waals surface area contributed by atoms with E-state index in [1.807, 2.05) is 6.92 Å². The summed E-state index contributed by atoms with van der Waals surface area (Å²) in [7, 11) is 0. The topological polar surface area (TPSA) is 62.4 Å². The fraction of sp³-hybridized carbons (Fsp3) is 0.615. The number of aryl methyl sites for hydroxylation is 2. The minimum atomic E-state index is 0.138. The van der Waals surface area contributed by atoms with Crippen molar-refractivity contribution in [2.45, 2.75) is 33.7 Å². The van der Waals surface area contributed by atoms with E-state index in [1.165, 1.54) is 5.56 Å². The summed E-state index contributed by atoms with van der Waals surface area (Å²) in [5.74, 6) is 0.931. The molecular formula is C13H23N3O. The Bertz CT molecular complexity index is 360. The molecule has 4 heteroatoms. The van der Waals surface area contributed by atoms with Crippen molar-refractivity contribution in [1.29, 1.82) is 0 Å². The smallest absolute Gasteiger partial charge is 0.133 e. The van der Waals surface area contributed by atoms with E-state index >= 15 is 0 Å². The molecule has 1 aromatic rings. The molecule has 3 N–H and O–H groups in total. The molecule has 0 saturated heterocycles. The predicted octanol–water partition coefficient (Wildman–Crippen LogP) is 1.37. The van der Waals surface area contributed by atoms with Crippen molar-refractivity contribution in [3.8, 4) is 0 Å². The molecule has 1 heterocycles. The van der Waals surface area contributed by atoms with Crippen LogP contribution in [0.1, 0.15) is 30.2 Å². The Labute approximate surface area is 103 Å². The van der Waals surface area contributed by atoms with Gasteiger partial charge in [0, 0.05) is 30.9 Å². The van der Waals surface area contributed by atoms with Gasteiger partial charge in [0.25, 0.3) is 0 Å². The van der Waals surface area contributed by atoms with Crippen LogP contribution in [0.25, 0.3) is 0 Å². The maximum Gasteiger partial charge on any atom is 0.133 e. The zero-order valence-corrected chi connectivity index (χ0v) is 11.0. The molecule has 0 atom stereocenters. The van der Waals surface area contributed by atoms with Gasteiger partial charge >= 0.3 is 0 Å². The van der Waals surface area contributed by atoms with Gasteiger partial charge in [-0.2, -0.15) is 0 Å². The van der Waals surface area contributed by atoms with E-state index in [0.717, 1.165) is 30.0 Å². The van der Waals surface area contributed by atoms with Gasteiger partial charge in [0.1, 0.15) is 5.82 Å². The fourth-order valence-corrected chi connectivity index (χ4v) is 2.07. The molecule has 0 bridgehead atoms. The Morgan fingerprint density at radius 2 is 2.06 bits per heavy atom. The standard InChI is InChI=1S/C13H23N3O/c1-4-5-16(6-7-17)13-12(9-14)10(2)8-11(3)15-13/h8,17H,4-7,9,14H2,1-3H3. The lowest BCUT2D eigenvalue weighted by atomic mass is 10.1. The molecule has 0 saturated carbocycles. The van der Waals surface area contributed by atoms with Crippen molar-refractivity contribution < 1.29 is 5.11 Å². The van der Waals surface area contributed by atoms with E-state index in [4.69, 9.17) is 10.8 Å². The van der Waals surface area contributed by atoms with Crippen LogP contribution < -0.4 is 10.6 Å². The minimum absolute atomic E-state index is 0.138. The molecule has 0 spiro atoms. The van der Waals surface area contributed by atoms with Crippen molar-refractivity contribution >= 4 is 5.82 Å². The lowest BCUT2D eigenvalue weighted by Crippen LogP contribution is -2.30. The highest BCUT2D eigenvalue weighted by molar-refractivity contribution is 5.51. The summed E-state index contributed by atoms with van der Waals surface area (Å²) in [6.45, 7) is 8.29. The van der Waals surface area contributed by atoms with Gasteiger partial charge in [0.05, 0.1) is 6.61 Å². The minimum Gasteiger partial charge on any atom is -0.395 e. The first-order chi connectivity index (χ1) is 8.13. The van der Waals surface area contributed by atoms with Crippen LogP contribution in [0.4, 0.5) is 5.82 Å². The Morgan fingerprint density at radius 1 is 1.35 bits per heavy atom. The summed E-state index contributed by atoms with van der Waals surface area (Å²) < 4.78 is 0. The lowest BCUT2D eigenvalue weighted by Gasteiger charge is -2.25. The second-order valence-corrected chi connectivity index (χ2v) is 4.30. The molecule has 0 fully saturated rings. The van der Waals surface area contributed by atoms with E-state index in [9.17, 15) is 0 Å². The molecule has 17 heavy (non-hydrogen) atoms. The van der Waals surface area contributed by atoms with Crippen LogP contribution >= 0.6 is 0 Å². The van der Waals surface area contributed by atoms with Crippen molar-refractivity contribution in [2.24, 2.45) is 5.73 Å². The van der Waals surface area contributed by atoms with Gasteiger partial charge in [0.2, 0.25) is 0 Å². The highest BCUT2D eigenvalue weighted by atomic mass is 16.3. The number of rotatable bonds is 6. The van der Waals surface area contributed by atoms with Gasteiger partial charge in [0.15, 0.2) is 0 Å². The molecule has 0 amide bonds. The Kier molecular flexibility index (Phi) is 5.38. The molecule has 0 aliphatic rings. The van der Waals surface area contributed by atoms with Gasteiger partial charge in [-0.15, -0.1) is 0 Å². The normalized spacial score (nSPS) is 10.6. The van der Waals surface area contributed by atoms with Gasteiger partial charge in [-0.1, -0.05) is 6.92 Å². The first-order valence-electron chi connectivity index (χ1n) is 6.17. The zero-order valence-electron chi connectivity index (χ0n) is 11.0. The molecule has 0 radical (unpaired) electrons. The Hall–Kier alpha value is -1.13. The summed E-state index contributed by atoms with van der Waals surface area (Å²) in [6.07, 6.45) is 1.03. The van der Waals surface area contributed by atoms with Crippen LogP contribution in [0.2, 0.25) is 0 Å². The highest BCUT2D eigenvalue weighted by Gasteiger charge is 2.13. The summed E-state index contributed by atoms with van der Waals surface area (Å²) in [4.78, 5) is 6.69. The maximum absolute atomic E-state index is 9.13. The van der Waals surface area contributed by atoms with Crippen LogP contribution in [0, 0.1) is 13.8 Å². The Balaban J connectivity index is 3.15. The average molecular weight is 237 g/mol. The molecule has 96 valence electrons. The van der Waals surface area contributed by atoms with Crippen molar-refractivity contribution in [3.05, 3.63) is 22.9 Å². The average Bonchev–Trinajstić information content (AvgIpc) is 2.28. The SMILES string of the molecule is CCCN(CCO)c1nc(C)cc(C)c1CN. The Morgan fingerprint density at radius 3 is 2.59 bits per heavy atom. The second kappa shape index (κ2) is 6.57. The molecule has 1 rings (SSSR count). The van der Waals surface area contributed by atoms with Gasteiger partial charge in [-0.3, -0.25) is 0 Å². The molecule has 4 nitrogen and oxygen atoms in total. The predicted molar refractivity (Wildman–Crippen MR) is 71.2 cm³/mol. The third-order valence-corrected chi connectivity index (χ3v) is 2.82.